The van der Waals surface area contributed by atoms with Gasteiger partial charge in [-0.05, 0) is 78.9 Å². The van der Waals surface area contributed by atoms with E-state index < -0.39 is 0 Å². The molecule has 0 N–H and O–H groups in total. The van der Waals surface area contributed by atoms with Crippen LogP contribution >= 0.6 is 11.3 Å². The van der Waals surface area contributed by atoms with Gasteiger partial charge in [0.05, 0.1) is 32.6 Å². The largest absolute Gasteiger partial charge is 0.453 e. The van der Waals surface area contributed by atoms with Gasteiger partial charge in [-0.3, -0.25) is 4.57 Å². The predicted molar refractivity (Wildman–Crippen MR) is 180 cm³/mol. The van der Waals surface area contributed by atoms with Gasteiger partial charge in [0.2, 0.25) is 0 Å². The van der Waals surface area contributed by atoms with Gasteiger partial charge >= 0.3 is 0 Å². The second-order valence-electron chi connectivity index (χ2n) is 10.7. The van der Waals surface area contributed by atoms with Gasteiger partial charge < -0.3 is 9.64 Å². The summed E-state index contributed by atoms with van der Waals surface area (Å²) in [5, 5.41) is 0.964. The van der Waals surface area contributed by atoms with Crippen LogP contribution in [-0.4, -0.2) is 14.5 Å². The molecule has 3 heterocycles. The molecule has 8 aromatic rings. The lowest BCUT2D eigenvalue weighted by atomic mass is 10.1. The third kappa shape index (κ3) is 4.00. The van der Waals surface area contributed by atoms with Crippen LogP contribution in [0.5, 0.6) is 11.5 Å². The van der Waals surface area contributed by atoms with Crippen molar-refractivity contribution in [3.63, 3.8) is 0 Å². The zero-order valence-electron chi connectivity index (χ0n) is 23.5. The lowest BCUT2D eigenvalue weighted by Gasteiger charge is -2.33. The van der Waals surface area contributed by atoms with Crippen molar-refractivity contribution in [1.29, 1.82) is 0 Å². The Morgan fingerprint density at radius 2 is 1.16 bits per heavy atom. The summed E-state index contributed by atoms with van der Waals surface area (Å²) in [5.74, 6) is 2.50. The van der Waals surface area contributed by atoms with Gasteiger partial charge in [-0.15, -0.1) is 11.3 Å². The minimum absolute atomic E-state index is 0.815. The summed E-state index contributed by atoms with van der Waals surface area (Å²) in [6.45, 7) is 0. The van der Waals surface area contributed by atoms with E-state index >= 15 is 0 Å². The molecule has 6 aromatic carbocycles. The molecule has 0 saturated carbocycles. The molecule has 208 valence electrons. The minimum atomic E-state index is 0.815. The van der Waals surface area contributed by atoms with E-state index in [1.54, 1.807) is 11.3 Å². The average molecular weight is 585 g/mol. The van der Waals surface area contributed by atoms with E-state index in [0.29, 0.717) is 0 Å². The van der Waals surface area contributed by atoms with E-state index in [-0.39, 0.29) is 0 Å². The molecule has 9 rings (SSSR count). The molecule has 0 spiro atoms. The molecule has 0 unspecified atom stereocenters. The summed E-state index contributed by atoms with van der Waals surface area (Å²) < 4.78 is 9.76. The quantitative estimate of drug-likeness (QED) is 0.206. The van der Waals surface area contributed by atoms with Crippen LogP contribution in [0.3, 0.4) is 0 Å². The van der Waals surface area contributed by atoms with Crippen molar-refractivity contribution in [2.24, 2.45) is 0 Å². The summed E-state index contributed by atoms with van der Waals surface area (Å²) in [6.07, 6.45) is 0. The van der Waals surface area contributed by atoms with Crippen LogP contribution in [-0.2, 0) is 0 Å². The molecule has 0 radical (unpaired) electrons. The number of thiazole rings is 1. The number of para-hydroxylation sites is 8. The van der Waals surface area contributed by atoms with Gasteiger partial charge in [0.1, 0.15) is 10.8 Å². The summed E-state index contributed by atoms with van der Waals surface area (Å²) >= 11 is 1.70. The summed E-state index contributed by atoms with van der Waals surface area (Å²) in [6, 6.07) is 50.1. The zero-order chi connectivity index (χ0) is 29.0. The van der Waals surface area contributed by atoms with Gasteiger partial charge in [-0.2, -0.15) is 0 Å². The van der Waals surface area contributed by atoms with Gasteiger partial charge in [0.25, 0.3) is 0 Å². The molecule has 0 bridgehead atoms. The Morgan fingerprint density at radius 1 is 0.523 bits per heavy atom. The minimum Gasteiger partial charge on any atom is -0.453 e. The van der Waals surface area contributed by atoms with Crippen LogP contribution in [0.25, 0.3) is 48.9 Å². The van der Waals surface area contributed by atoms with E-state index in [0.717, 1.165) is 77.5 Å². The Hall–Kier alpha value is -5.72. The van der Waals surface area contributed by atoms with Crippen LogP contribution in [0.15, 0.2) is 146 Å². The molecular weight excluding hydrogens is 561 g/mol. The second kappa shape index (κ2) is 9.93. The Kier molecular flexibility index (Phi) is 5.61. The fraction of sp³-hybridized carbons (Fsp3) is 0. The number of rotatable bonds is 4. The molecule has 0 amide bonds. The fourth-order valence-electron chi connectivity index (χ4n) is 6.03. The number of hydrogen-bond acceptors (Lipinski definition) is 5. The number of ether oxygens (including phenoxy) is 1. The molecule has 1 aliphatic heterocycles. The number of imidazole rings is 1. The first kappa shape index (κ1) is 24.8. The van der Waals surface area contributed by atoms with Crippen LogP contribution in [0.1, 0.15) is 0 Å². The molecule has 44 heavy (non-hydrogen) atoms. The molecule has 5 nitrogen and oxygen atoms in total. The first-order chi connectivity index (χ1) is 21.8. The number of anilines is 3. The molecule has 1 aliphatic rings. The maximum atomic E-state index is 6.35. The fourth-order valence-corrected chi connectivity index (χ4v) is 6.98. The lowest BCUT2D eigenvalue weighted by Crippen LogP contribution is -2.16. The lowest BCUT2D eigenvalue weighted by molar-refractivity contribution is 0.477. The van der Waals surface area contributed by atoms with E-state index in [9.17, 15) is 0 Å². The highest BCUT2D eigenvalue weighted by atomic mass is 32.1. The van der Waals surface area contributed by atoms with Gasteiger partial charge in [0, 0.05) is 22.5 Å². The molecule has 0 fully saturated rings. The Balaban J connectivity index is 1.34. The van der Waals surface area contributed by atoms with Gasteiger partial charge in [-0.1, -0.05) is 66.7 Å². The molecule has 0 saturated heterocycles. The highest BCUT2D eigenvalue weighted by Crippen LogP contribution is 2.51. The highest BCUT2D eigenvalue weighted by Gasteiger charge is 2.27. The first-order valence-electron chi connectivity index (χ1n) is 14.5. The van der Waals surface area contributed by atoms with Gasteiger partial charge in [0.15, 0.2) is 11.5 Å². The van der Waals surface area contributed by atoms with Crippen molar-refractivity contribution in [2.75, 3.05) is 4.90 Å². The number of nitrogens with zero attached hydrogens (tertiary/aromatic N) is 4. The van der Waals surface area contributed by atoms with Crippen molar-refractivity contribution in [3.05, 3.63) is 146 Å². The van der Waals surface area contributed by atoms with Crippen LogP contribution in [0.4, 0.5) is 17.1 Å². The van der Waals surface area contributed by atoms with Crippen molar-refractivity contribution in [2.45, 2.75) is 0 Å². The van der Waals surface area contributed by atoms with E-state index in [2.05, 4.69) is 113 Å². The molecule has 0 aliphatic carbocycles. The number of benzene rings is 6. The molecule has 2 aromatic heterocycles. The Bertz CT molecular complexity index is 2260. The van der Waals surface area contributed by atoms with Crippen LogP contribution in [0.2, 0.25) is 0 Å². The maximum Gasteiger partial charge on any atom is 0.151 e. The van der Waals surface area contributed by atoms with Crippen molar-refractivity contribution < 1.29 is 4.74 Å². The van der Waals surface area contributed by atoms with Crippen LogP contribution < -0.4 is 9.64 Å². The number of aromatic nitrogens is 3. The highest BCUT2D eigenvalue weighted by molar-refractivity contribution is 7.21. The first-order valence-corrected chi connectivity index (χ1v) is 15.3. The summed E-state index contributed by atoms with van der Waals surface area (Å²) in [5.41, 5.74) is 9.06. The maximum absolute atomic E-state index is 6.35. The molecular formula is C38H24N4OS. The van der Waals surface area contributed by atoms with E-state index in [4.69, 9.17) is 14.7 Å². The van der Waals surface area contributed by atoms with E-state index in [1.165, 1.54) is 0 Å². The zero-order valence-corrected chi connectivity index (χ0v) is 24.3. The standard InChI is InChI=1S/C38H24N4OS/c1-2-12-27(13-3-1)42-31-16-6-4-14-29(31)39-37(42)25-22-26(38-40-30-15-5-11-21-36(30)44-38)24-28(23-25)41-32-17-7-9-19-34(32)43-35-20-10-8-18-33(35)41/h1-24H. The van der Waals surface area contributed by atoms with Gasteiger partial charge in [-0.25, -0.2) is 9.97 Å². The Labute approximate surface area is 257 Å². The second-order valence-corrected chi connectivity index (χ2v) is 11.8. The topological polar surface area (TPSA) is 43.2 Å². The summed E-state index contributed by atoms with van der Waals surface area (Å²) in [4.78, 5) is 12.6. The SMILES string of the molecule is c1ccc(-n2c(-c3cc(-c4nc5ccccc5s4)cc(N4c5ccccc5Oc5ccccc54)c3)nc3ccccc32)cc1. The number of hydrogen-bond donors (Lipinski definition) is 0. The van der Waals surface area contributed by atoms with E-state index in [1.807, 2.05) is 42.5 Å². The number of fused-ring (bicyclic) bond motifs is 4. The smallest absolute Gasteiger partial charge is 0.151 e. The molecule has 0 atom stereocenters. The third-order valence-electron chi connectivity index (χ3n) is 7.98. The molecule has 6 heteroatoms. The predicted octanol–water partition coefficient (Wildman–Crippen LogP) is 10.5. The van der Waals surface area contributed by atoms with Crippen molar-refractivity contribution in [3.8, 4) is 39.1 Å². The monoisotopic (exact) mass is 584 g/mol. The van der Waals surface area contributed by atoms with Crippen molar-refractivity contribution >= 4 is 49.6 Å². The van der Waals surface area contributed by atoms with Crippen LogP contribution in [0, 0.1) is 0 Å². The Morgan fingerprint density at radius 3 is 1.93 bits per heavy atom. The summed E-state index contributed by atoms with van der Waals surface area (Å²) in [7, 11) is 0. The normalized spacial score (nSPS) is 12.2. The third-order valence-corrected chi connectivity index (χ3v) is 9.07. The average Bonchev–Trinajstić information content (AvgIpc) is 3.70. The van der Waals surface area contributed by atoms with Crippen molar-refractivity contribution in [1.82, 2.24) is 14.5 Å².